The number of nitrogens with zero attached hydrogens (tertiary/aromatic N) is 1. The quantitative estimate of drug-likeness (QED) is 0.709. The summed E-state index contributed by atoms with van der Waals surface area (Å²) in [5, 5.41) is 8.80. The molecule has 0 bridgehead atoms. The third-order valence-electron chi connectivity index (χ3n) is 3.01. The Balaban J connectivity index is 2.49. The molecule has 88 valence electrons. The van der Waals surface area contributed by atoms with Gasteiger partial charge in [-0.2, -0.15) is 0 Å². The summed E-state index contributed by atoms with van der Waals surface area (Å²) >= 11 is 5.69. The maximum atomic E-state index is 12.0. The van der Waals surface area contributed by atoms with Crippen molar-refractivity contribution >= 4 is 17.5 Å². The van der Waals surface area contributed by atoms with E-state index in [1.807, 2.05) is 11.8 Å². The molecule has 4 heteroatoms. The van der Waals surface area contributed by atoms with E-state index in [0.29, 0.717) is 24.9 Å². The molecule has 0 aromatic heterocycles. The summed E-state index contributed by atoms with van der Waals surface area (Å²) in [5.74, 6) is 0.412. The van der Waals surface area contributed by atoms with Gasteiger partial charge < -0.3 is 10.0 Å². The van der Waals surface area contributed by atoms with Crippen molar-refractivity contribution in [3.05, 3.63) is 0 Å². The molecule has 15 heavy (non-hydrogen) atoms. The van der Waals surface area contributed by atoms with Crippen LogP contribution in [0, 0.1) is 5.92 Å². The van der Waals surface area contributed by atoms with Gasteiger partial charge in [-0.05, 0) is 25.7 Å². The first-order chi connectivity index (χ1) is 7.20. The second-order valence-electron chi connectivity index (χ2n) is 4.25. The summed E-state index contributed by atoms with van der Waals surface area (Å²) < 4.78 is 0. The fraction of sp³-hybridized carbons (Fsp3) is 0.909. The molecule has 1 unspecified atom stereocenters. The van der Waals surface area contributed by atoms with Gasteiger partial charge in [-0.15, -0.1) is 11.6 Å². The van der Waals surface area contributed by atoms with E-state index in [4.69, 9.17) is 16.7 Å². The molecule has 1 aliphatic rings. The van der Waals surface area contributed by atoms with Gasteiger partial charge in [0.1, 0.15) is 0 Å². The molecule has 1 atom stereocenters. The number of aliphatic hydroxyl groups excluding tert-OH is 1. The third-order valence-corrected chi connectivity index (χ3v) is 3.47. The van der Waals surface area contributed by atoms with Crippen LogP contribution in [0.25, 0.3) is 0 Å². The number of rotatable bonds is 6. The molecule has 0 spiro atoms. The molecule has 1 aliphatic carbocycles. The number of hydrogen-bond donors (Lipinski definition) is 1. The minimum absolute atomic E-state index is 0.106. The van der Waals surface area contributed by atoms with Gasteiger partial charge >= 0.3 is 0 Å². The zero-order valence-corrected chi connectivity index (χ0v) is 10.0. The Hall–Kier alpha value is -0.280. The van der Waals surface area contributed by atoms with Crippen molar-refractivity contribution in [2.75, 3.05) is 19.0 Å². The summed E-state index contributed by atoms with van der Waals surface area (Å²) in [5.41, 5.74) is 0. The molecule has 0 aliphatic heterocycles. The van der Waals surface area contributed by atoms with Crippen molar-refractivity contribution in [2.24, 2.45) is 5.92 Å². The van der Waals surface area contributed by atoms with Gasteiger partial charge in [0.25, 0.3) is 0 Å². The maximum Gasteiger partial charge on any atom is 0.226 e. The standard InChI is InChI=1S/C11H20ClNO2/c1-9(8-12)11(15)13(6-3-7-14)10-4-2-5-10/h9-10,14H,2-8H2,1H3. The minimum atomic E-state index is -0.106. The number of hydrogen-bond acceptors (Lipinski definition) is 2. The highest BCUT2D eigenvalue weighted by Gasteiger charge is 2.30. The molecular weight excluding hydrogens is 214 g/mol. The van der Waals surface area contributed by atoms with Crippen molar-refractivity contribution in [1.82, 2.24) is 4.90 Å². The lowest BCUT2D eigenvalue weighted by Crippen LogP contribution is -2.47. The summed E-state index contributed by atoms with van der Waals surface area (Å²) in [6.07, 6.45) is 4.08. The fourth-order valence-corrected chi connectivity index (χ4v) is 1.89. The van der Waals surface area contributed by atoms with Crippen LogP contribution < -0.4 is 0 Å². The Labute approximate surface area is 96.4 Å². The first-order valence-corrected chi connectivity index (χ1v) is 6.21. The molecular formula is C11H20ClNO2. The van der Waals surface area contributed by atoms with Crippen LogP contribution in [0.5, 0.6) is 0 Å². The molecule has 1 amide bonds. The summed E-state index contributed by atoms with van der Waals surface area (Å²) in [6.45, 7) is 2.67. The van der Waals surface area contributed by atoms with E-state index in [-0.39, 0.29) is 18.4 Å². The lowest BCUT2D eigenvalue weighted by atomic mass is 9.90. The van der Waals surface area contributed by atoms with Crippen LogP contribution >= 0.6 is 11.6 Å². The normalized spacial score (nSPS) is 18.3. The van der Waals surface area contributed by atoms with Crippen LogP contribution in [-0.2, 0) is 4.79 Å². The van der Waals surface area contributed by atoms with Crippen LogP contribution in [0.4, 0.5) is 0 Å². The molecule has 1 fully saturated rings. The molecule has 3 nitrogen and oxygen atoms in total. The zero-order chi connectivity index (χ0) is 11.3. The summed E-state index contributed by atoms with van der Waals surface area (Å²) in [6, 6.07) is 0.398. The van der Waals surface area contributed by atoms with E-state index in [1.165, 1.54) is 6.42 Å². The molecule has 0 radical (unpaired) electrons. The van der Waals surface area contributed by atoms with Crippen LogP contribution in [0.2, 0.25) is 0 Å². The number of halogens is 1. The minimum Gasteiger partial charge on any atom is -0.396 e. The van der Waals surface area contributed by atoms with Gasteiger partial charge in [-0.25, -0.2) is 0 Å². The Kier molecular flexibility index (Phi) is 5.40. The lowest BCUT2D eigenvalue weighted by molar-refractivity contribution is -0.138. The predicted molar refractivity (Wildman–Crippen MR) is 60.9 cm³/mol. The maximum absolute atomic E-state index is 12.0. The fourth-order valence-electron chi connectivity index (χ4n) is 1.76. The average molecular weight is 234 g/mol. The van der Waals surface area contributed by atoms with E-state index in [2.05, 4.69) is 0 Å². The molecule has 1 saturated carbocycles. The van der Waals surface area contributed by atoms with Crippen LogP contribution in [0.15, 0.2) is 0 Å². The van der Waals surface area contributed by atoms with E-state index < -0.39 is 0 Å². The number of aliphatic hydroxyl groups is 1. The van der Waals surface area contributed by atoms with Gasteiger partial charge in [-0.1, -0.05) is 6.92 Å². The highest BCUT2D eigenvalue weighted by Crippen LogP contribution is 2.26. The molecule has 0 heterocycles. The van der Waals surface area contributed by atoms with E-state index in [0.717, 1.165) is 12.8 Å². The van der Waals surface area contributed by atoms with Gasteiger partial charge in [0.15, 0.2) is 0 Å². The number of alkyl halides is 1. The largest absolute Gasteiger partial charge is 0.396 e. The lowest BCUT2D eigenvalue weighted by Gasteiger charge is -2.38. The van der Waals surface area contributed by atoms with Crippen molar-refractivity contribution in [3.8, 4) is 0 Å². The van der Waals surface area contributed by atoms with Crippen molar-refractivity contribution in [1.29, 1.82) is 0 Å². The van der Waals surface area contributed by atoms with Crippen LogP contribution in [-0.4, -0.2) is 41.0 Å². The molecule has 0 saturated heterocycles. The van der Waals surface area contributed by atoms with Crippen LogP contribution in [0.3, 0.4) is 0 Å². The van der Waals surface area contributed by atoms with Gasteiger partial charge in [0.2, 0.25) is 5.91 Å². The molecule has 1 N–H and O–H groups in total. The number of amides is 1. The first kappa shape index (κ1) is 12.8. The van der Waals surface area contributed by atoms with Crippen molar-refractivity contribution < 1.29 is 9.90 Å². The smallest absolute Gasteiger partial charge is 0.226 e. The molecule has 1 rings (SSSR count). The Morgan fingerprint density at radius 1 is 1.60 bits per heavy atom. The molecule has 0 aromatic rings. The van der Waals surface area contributed by atoms with Gasteiger partial charge in [0.05, 0.1) is 0 Å². The summed E-state index contributed by atoms with van der Waals surface area (Å²) in [7, 11) is 0. The number of carbonyl (C=O) groups excluding carboxylic acids is 1. The average Bonchev–Trinajstić information content (AvgIpc) is 2.19. The van der Waals surface area contributed by atoms with Gasteiger partial charge in [0, 0.05) is 31.0 Å². The van der Waals surface area contributed by atoms with Crippen molar-refractivity contribution in [3.63, 3.8) is 0 Å². The van der Waals surface area contributed by atoms with Gasteiger partial charge in [-0.3, -0.25) is 4.79 Å². The van der Waals surface area contributed by atoms with Crippen molar-refractivity contribution in [2.45, 2.75) is 38.6 Å². The highest BCUT2D eigenvalue weighted by atomic mass is 35.5. The highest BCUT2D eigenvalue weighted by molar-refractivity contribution is 6.19. The Morgan fingerprint density at radius 2 is 2.27 bits per heavy atom. The first-order valence-electron chi connectivity index (χ1n) is 5.68. The summed E-state index contributed by atoms with van der Waals surface area (Å²) in [4.78, 5) is 13.9. The van der Waals surface area contributed by atoms with E-state index >= 15 is 0 Å². The molecule has 0 aromatic carbocycles. The Morgan fingerprint density at radius 3 is 2.67 bits per heavy atom. The van der Waals surface area contributed by atoms with E-state index in [9.17, 15) is 4.79 Å². The van der Waals surface area contributed by atoms with Crippen LogP contribution in [0.1, 0.15) is 32.6 Å². The second kappa shape index (κ2) is 6.33. The monoisotopic (exact) mass is 233 g/mol. The topological polar surface area (TPSA) is 40.5 Å². The number of carbonyl (C=O) groups is 1. The third kappa shape index (κ3) is 3.35. The van der Waals surface area contributed by atoms with E-state index in [1.54, 1.807) is 0 Å². The zero-order valence-electron chi connectivity index (χ0n) is 9.29. The SMILES string of the molecule is CC(CCl)C(=O)N(CCCO)C1CCC1. The predicted octanol–water partition coefficient (Wildman–Crippen LogP) is 1.62. The second-order valence-corrected chi connectivity index (χ2v) is 4.56. The Bertz CT molecular complexity index is 207.